The first-order chi connectivity index (χ1) is 9.26. The molecule has 2 rings (SSSR count). The predicted octanol–water partition coefficient (Wildman–Crippen LogP) is 3.15. The highest BCUT2D eigenvalue weighted by atomic mass is 19.4. The Bertz CT molecular complexity index is 479. The molecule has 0 amide bonds. The van der Waals surface area contributed by atoms with Crippen molar-refractivity contribution in [1.29, 1.82) is 0 Å². The van der Waals surface area contributed by atoms with E-state index >= 15 is 0 Å². The van der Waals surface area contributed by atoms with Gasteiger partial charge in [0, 0.05) is 13.1 Å². The van der Waals surface area contributed by atoms with Gasteiger partial charge in [0.15, 0.2) is 0 Å². The molecule has 0 atom stereocenters. The van der Waals surface area contributed by atoms with Crippen LogP contribution in [0.4, 0.5) is 17.6 Å². The topological polar surface area (TPSA) is 23.5 Å². The molecule has 0 unspecified atom stereocenters. The Morgan fingerprint density at radius 2 is 1.85 bits per heavy atom. The van der Waals surface area contributed by atoms with Crippen molar-refractivity contribution >= 4 is 0 Å². The second kappa shape index (κ2) is 5.33. The molecule has 0 radical (unpaired) electrons. The summed E-state index contributed by atoms with van der Waals surface area (Å²) in [6.45, 7) is 4.06. The van der Waals surface area contributed by atoms with Crippen LogP contribution in [0.3, 0.4) is 0 Å². The first-order valence-corrected chi connectivity index (χ1v) is 6.58. The zero-order valence-corrected chi connectivity index (χ0v) is 11.2. The van der Waals surface area contributed by atoms with Crippen molar-refractivity contribution in [2.24, 2.45) is 0 Å². The van der Waals surface area contributed by atoms with E-state index < -0.39 is 23.2 Å². The Labute approximate surface area is 115 Å². The SMILES string of the molecule is CCN1CCC(O)(c2ccc(F)c(C(F)(F)F)c2)CC1. The van der Waals surface area contributed by atoms with E-state index in [1.54, 1.807) is 0 Å². The molecule has 0 aromatic heterocycles. The Balaban J connectivity index is 2.29. The zero-order valence-electron chi connectivity index (χ0n) is 11.2. The lowest BCUT2D eigenvalue weighted by Crippen LogP contribution is -2.42. The molecule has 0 aliphatic carbocycles. The summed E-state index contributed by atoms with van der Waals surface area (Å²) in [5.74, 6) is -1.31. The summed E-state index contributed by atoms with van der Waals surface area (Å²) in [4.78, 5) is 2.11. The van der Waals surface area contributed by atoms with Gasteiger partial charge in [-0.15, -0.1) is 0 Å². The maximum absolute atomic E-state index is 13.3. The molecular weight excluding hydrogens is 274 g/mol. The number of likely N-dealkylation sites (tertiary alicyclic amines) is 1. The van der Waals surface area contributed by atoms with Gasteiger partial charge in [-0.25, -0.2) is 4.39 Å². The molecule has 1 saturated heterocycles. The highest BCUT2D eigenvalue weighted by Crippen LogP contribution is 2.37. The molecule has 1 N–H and O–H groups in total. The molecule has 1 aromatic carbocycles. The lowest BCUT2D eigenvalue weighted by atomic mass is 9.83. The third-order valence-electron chi connectivity index (χ3n) is 3.94. The molecule has 0 spiro atoms. The minimum atomic E-state index is -4.75. The standard InChI is InChI=1S/C14H17F4NO/c1-2-19-7-5-13(20,6-8-19)10-3-4-12(15)11(9-10)14(16,17)18/h3-4,9,20H,2,5-8H2,1H3. The first-order valence-electron chi connectivity index (χ1n) is 6.58. The van der Waals surface area contributed by atoms with Crippen molar-refractivity contribution in [3.63, 3.8) is 0 Å². The van der Waals surface area contributed by atoms with Gasteiger partial charge in [0.2, 0.25) is 0 Å². The minimum absolute atomic E-state index is 0.141. The van der Waals surface area contributed by atoms with Crippen LogP contribution < -0.4 is 0 Å². The van der Waals surface area contributed by atoms with E-state index in [1.165, 1.54) is 6.07 Å². The van der Waals surface area contributed by atoms with Gasteiger partial charge >= 0.3 is 6.18 Å². The number of hydrogen-bond donors (Lipinski definition) is 1. The maximum Gasteiger partial charge on any atom is 0.419 e. The van der Waals surface area contributed by atoms with Crippen LogP contribution in [-0.4, -0.2) is 29.6 Å². The fraction of sp³-hybridized carbons (Fsp3) is 0.571. The van der Waals surface area contributed by atoms with Crippen LogP contribution >= 0.6 is 0 Å². The molecular formula is C14H17F4NO. The van der Waals surface area contributed by atoms with Gasteiger partial charge in [-0.1, -0.05) is 13.0 Å². The van der Waals surface area contributed by atoms with Crippen LogP contribution in [0.25, 0.3) is 0 Å². The van der Waals surface area contributed by atoms with Crippen LogP contribution in [0.2, 0.25) is 0 Å². The number of benzene rings is 1. The summed E-state index contributed by atoms with van der Waals surface area (Å²) in [6, 6.07) is 2.76. The third kappa shape index (κ3) is 2.96. The van der Waals surface area contributed by atoms with Crippen molar-refractivity contribution in [2.45, 2.75) is 31.5 Å². The van der Waals surface area contributed by atoms with E-state index in [2.05, 4.69) is 4.90 Å². The lowest BCUT2D eigenvalue weighted by Gasteiger charge is -2.38. The normalized spacial score (nSPS) is 20.1. The first kappa shape index (κ1) is 15.3. The van der Waals surface area contributed by atoms with Crippen LogP contribution in [0.15, 0.2) is 18.2 Å². The molecule has 1 fully saturated rings. The number of rotatable bonds is 2. The maximum atomic E-state index is 13.3. The second-order valence-electron chi connectivity index (χ2n) is 5.16. The van der Waals surface area contributed by atoms with E-state index in [9.17, 15) is 22.7 Å². The van der Waals surface area contributed by atoms with Crippen molar-refractivity contribution in [3.05, 3.63) is 35.1 Å². The molecule has 2 nitrogen and oxygen atoms in total. The molecule has 20 heavy (non-hydrogen) atoms. The molecule has 1 aliphatic rings. The number of alkyl halides is 3. The third-order valence-corrected chi connectivity index (χ3v) is 3.94. The number of nitrogens with zero attached hydrogens (tertiary/aromatic N) is 1. The van der Waals surface area contributed by atoms with E-state index in [0.717, 1.165) is 18.7 Å². The van der Waals surface area contributed by atoms with Gasteiger partial charge in [-0.05, 0) is 37.1 Å². The average molecular weight is 291 g/mol. The Kier molecular flexibility index (Phi) is 4.07. The van der Waals surface area contributed by atoms with Gasteiger partial charge in [-0.2, -0.15) is 13.2 Å². The summed E-state index contributed by atoms with van der Waals surface area (Å²) in [6.07, 6.45) is -4.05. The monoisotopic (exact) mass is 291 g/mol. The summed E-state index contributed by atoms with van der Waals surface area (Å²) in [7, 11) is 0. The highest BCUT2D eigenvalue weighted by molar-refractivity contribution is 5.31. The van der Waals surface area contributed by atoms with Crippen LogP contribution in [0.5, 0.6) is 0 Å². The summed E-state index contributed by atoms with van der Waals surface area (Å²) in [5.41, 5.74) is -2.48. The Morgan fingerprint density at radius 1 is 1.25 bits per heavy atom. The van der Waals surface area contributed by atoms with E-state index in [1.807, 2.05) is 6.92 Å². The van der Waals surface area contributed by atoms with Crippen molar-refractivity contribution in [1.82, 2.24) is 4.90 Å². The van der Waals surface area contributed by atoms with Gasteiger partial charge < -0.3 is 10.0 Å². The van der Waals surface area contributed by atoms with Crippen LogP contribution in [-0.2, 0) is 11.8 Å². The molecule has 1 aromatic rings. The van der Waals surface area contributed by atoms with Gasteiger partial charge in [0.1, 0.15) is 5.82 Å². The predicted molar refractivity (Wildman–Crippen MR) is 66.6 cm³/mol. The van der Waals surface area contributed by atoms with Crippen molar-refractivity contribution < 1.29 is 22.7 Å². The van der Waals surface area contributed by atoms with Crippen molar-refractivity contribution in [2.75, 3.05) is 19.6 Å². The summed E-state index contributed by atoms with van der Waals surface area (Å²) in [5, 5.41) is 10.5. The molecule has 1 aliphatic heterocycles. The Hall–Kier alpha value is -1.14. The number of aliphatic hydroxyl groups is 1. The fourth-order valence-corrected chi connectivity index (χ4v) is 2.56. The molecule has 6 heteroatoms. The van der Waals surface area contributed by atoms with Gasteiger partial charge in [0.25, 0.3) is 0 Å². The number of hydrogen-bond acceptors (Lipinski definition) is 2. The number of piperidine rings is 1. The highest BCUT2D eigenvalue weighted by Gasteiger charge is 2.38. The molecule has 1 heterocycles. The summed E-state index contributed by atoms with van der Waals surface area (Å²) >= 11 is 0. The van der Waals surface area contributed by atoms with E-state index in [-0.39, 0.29) is 5.56 Å². The smallest absolute Gasteiger partial charge is 0.385 e. The number of halogens is 4. The summed E-state index contributed by atoms with van der Waals surface area (Å²) < 4.78 is 51.4. The average Bonchev–Trinajstić information content (AvgIpc) is 2.38. The molecule has 0 saturated carbocycles. The Morgan fingerprint density at radius 3 is 2.35 bits per heavy atom. The molecule has 112 valence electrons. The van der Waals surface area contributed by atoms with Crippen LogP contribution in [0.1, 0.15) is 30.9 Å². The van der Waals surface area contributed by atoms with Crippen molar-refractivity contribution in [3.8, 4) is 0 Å². The van der Waals surface area contributed by atoms with Gasteiger partial charge in [0.05, 0.1) is 11.2 Å². The van der Waals surface area contributed by atoms with Gasteiger partial charge in [-0.3, -0.25) is 0 Å². The fourth-order valence-electron chi connectivity index (χ4n) is 2.56. The van der Waals surface area contributed by atoms with E-state index in [0.29, 0.717) is 25.9 Å². The lowest BCUT2D eigenvalue weighted by molar-refractivity contribution is -0.140. The molecule has 0 bridgehead atoms. The van der Waals surface area contributed by atoms with Crippen LogP contribution in [0, 0.1) is 5.82 Å². The second-order valence-corrected chi connectivity index (χ2v) is 5.16. The largest absolute Gasteiger partial charge is 0.419 e. The zero-order chi connectivity index (χ0) is 15.0. The minimum Gasteiger partial charge on any atom is -0.385 e. The quantitative estimate of drug-likeness (QED) is 0.846. The van der Waals surface area contributed by atoms with E-state index in [4.69, 9.17) is 0 Å².